The highest BCUT2D eigenvalue weighted by Gasteiger charge is 2.12. The van der Waals surface area contributed by atoms with Gasteiger partial charge in [0.1, 0.15) is 11.5 Å². The number of hydrazine groups is 1. The summed E-state index contributed by atoms with van der Waals surface area (Å²) in [4.78, 5) is 24.3. The Morgan fingerprint density at radius 1 is 0.880 bits per heavy atom. The fraction of sp³-hybridized carbons (Fsp3) is 0.222. The van der Waals surface area contributed by atoms with E-state index in [4.69, 9.17) is 9.47 Å². The number of thioether (sulfide) groups is 1. The van der Waals surface area contributed by atoms with Crippen LogP contribution in [0, 0.1) is 0 Å². The smallest absolute Gasteiger partial charge is 0.269 e. The maximum Gasteiger partial charge on any atom is 0.269 e. The second kappa shape index (κ2) is 8.98. The van der Waals surface area contributed by atoms with Crippen molar-refractivity contribution in [2.45, 2.75) is 5.75 Å². The summed E-state index contributed by atoms with van der Waals surface area (Å²) >= 11 is 1.71. The van der Waals surface area contributed by atoms with Gasteiger partial charge in [-0.2, -0.15) is 11.8 Å². The van der Waals surface area contributed by atoms with Crippen LogP contribution < -0.4 is 20.3 Å². The highest BCUT2D eigenvalue weighted by atomic mass is 32.2. The van der Waals surface area contributed by atoms with E-state index in [0.29, 0.717) is 22.6 Å². The zero-order valence-corrected chi connectivity index (χ0v) is 15.1. The number of amides is 2. The molecule has 0 fully saturated rings. The molecule has 0 aliphatic heterocycles. The van der Waals surface area contributed by atoms with Gasteiger partial charge in [-0.3, -0.25) is 20.4 Å². The number of carbonyl (C=O) groups is 2. The average molecular weight is 360 g/mol. The maximum absolute atomic E-state index is 12.2. The molecule has 0 saturated carbocycles. The Morgan fingerprint density at radius 2 is 1.40 bits per heavy atom. The van der Waals surface area contributed by atoms with Crippen LogP contribution >= 0.6 is 11.8 Å². The Kier molecular flexibility index (Phi) is 6.71. The molecule has 2 aromatic carbocycles. The van der Waals surface area contributed by atoms with E-state index < -0.39 is 5.91 Å². The number of carbonyl (C=O) groups excluding carboxylic acids is 2. The van der Waals surface area contributed by atoms with E-state index >= 15 is 0 Å². The lowest BCUT2D eigenvalue weighted by Gasteiger charge is -2.10. The quantitative estimate of drug-likeness (QED) is 0.775. The minimum Gasteiger partial charge on any atom is -0.497 e. The molecule has 7 heteroatoms. The first-order valence-electron chi connectivity index (χ1n) is 7.49. The third-order valence-electron chi connectivity index (χ3n) is 3.43. The molecule has 0 bridgehead atoms. The van der Waals surface area contributed by atoms with E-state index in [1.165, 1.54) is 14.2 Å². The van der Waals surface area contributed by atoms with Crippen molar-refractivity contribution in [3.05, 3.63) is 59.2 Å². The van der Waals surface area contributed by atoms with Gasteiger partial charge in [-0.05, 0) is 36.1 Å². The molecule has 132 valence electrons. The van der Waals surface area contributed by atoms with E-state index in [-0.39, 0.29) is 5.91 Å². The molecule has 2 rings (SSSR count). The number of hydrogen-bond acceptors (Lipinski definition) is 5. The Bertz CT molecular complexity index is 725. The Labute approximate surface area is 150 Å². The first-order valence-corrected chi connectivity index (χ1v) is 8.88. The lowest BCUT2D eigenvalue weighted by molar-refractivity contribution is 0.0846. The molecule has 0 aromatic heterocycles. The van der Waals surface area contributed by atoms with Crippen LogP contribution in [0.1, 0.15) is 26.3 Å². The molecular formula is C18H20N2O4S. The molecule has 0 aliphatic carbocycles. The Morgan fingerprint density at radius 3 is 1.88 bits per heavy atom. The number of methoxy groups -OCH3 is 2. The third kappa shape index (κ3) is 5.15. The zero-order chi connectivity index (χ0) is 18.2. The summed E-state index contributed by atoms with van der Waals surface area (Å²) in [6.07, 6.45) is 2.02. The van der Waals surface area contributed by atoms with Gasteiger partial charge < -0.3 is 9.47 Å². The predicted molar refractivity (Wildman–Crippen MR) is 98.1 cm³/mol. The van der Waals surface area contributed by atoms with Crippen LogP contribution in [-0.2, 0) is 5.75 Å². The van der Waals surface area contributed by atoms with Crippen LogP contribution in [0.3, 0.4) is 0 Å². The van der Waals surface area contributed by atoms with Gasteiger partial charge in [0.25, 0.3) is 11.8 Å². The third-order valence-corrected chi connectivity index (χ3v) is 4.05. The minimum atomic E-state index is -0.468. The van der Waals surface area contributed by atoms with Crippen molar-refractivity contribution in [3.8, 4) is 11.5 Å². The predicted octanol–water partition coefficient (Wildman–Crippen LogP) is 2.64. The van der Waals surface area contributed by atoms with E-state index in [0.717, 1.165) is 11.3 Å². The van der Waals surface area contributed by atoms with Crippen molar-refractivity contribution in [3.63, 3.8) is 0 Å². The summed E-state index contributed by atoms with van der Waals surface area (Å²) in [5.74, 6) is 1.000. The SMILES string of the molecule is COc1cc(OC)cc(C(=O)NNC(=O)c2ccc(CSC)cc2)c1. The van der Waals surface area contributed by atoms with Crippen molar-refractivity contribution >= 4 is 23.6 Å². The van der Waals surface area contributed by atoms with Crippen LogP contribution in [0.2, 0.25) is 0 Å². The molecule has 0 heterocycles. The molecule has 2 amide bonds. The van der Waals surface area contributed by atoms with Crippen molar-refractivity contribution in [1.29, 1.82) is 0 Å². The summed E-state index contributed by atoms with van der Waals surface area (Å²) in [6, 6.07) is 12.0. The fourth-order valence-electron chi connectivity index (χ4n) is 2.12. The molecular weight excluding hydrogens is 340 g/mol. The second-order valence-corrected chi connectivity index (χ2v) is 6.01. The summed E-state index contributed by atoms with van der Waals surface area (Å²) in [7, 11) is 3.00. The van der Waals surface area contributed by atoms with Gasteiger partial charge in [-0.1, -0.05) is 12.1 Å². The molecule has 0 unspecified atom stereocenters. The van der Waals surface area contributed by atoms with Crippen molar-refractivity contribution in [2.24, 2.45) is 0 Å². The normalized spacial score (nSPS) is 10.0. The lowest BCUT2D eigenvalue weighted by atomic mass is 10.1. The molecule has 2 N–H and O–H groups in total. The van der Waals surface area contributed by atoms with Gasteiger partial charge in [0.15, 0.2) is 0 Å². The number of ether oxygens (including phenoxy) is 2. The topological polar surface area (TPSA) is 76.7 Å². The Balaban J connectivity index is 2.00. The second-order valence-electron chi connectivity index (χ2n) is 5.14. The van der Waals surface area contributed by atoms with Gasteiger partial charge in [-0.15, -0.1) is 0 Å². The van der Waals surface area contributed by atoms with Crippen LogP contribution in [0.25, 0.3) is 0 Å². The standard InChI is InChI=1S/C18H20N2O4S/c1-23-15-8-14(9-16(10-15)24-2)18(22)20-19-17(21)13-6-4-12(5-7-13)11-25-3/h4-10H,11H2,1-3H3,(H,19,21)(H,20,22). The van der Waals surface area contributed by atoms with Crippen molar-refractivity contribution in [1.82, 2.24) is 10.9 Å². The number of nitrogens with one attached hydrogen (secondary N) is 2. The number of benzene rings is 2. The fourth-order valence-corrected chi connectivity index (χ4v) is 2.64. The van der Waals surface area contributed by atoms with E-state index in [2.05, 4.69) is 10.9 Å². The minimum absolute atomic E-state index is 0.312. The van der Waals surface area contributed by atoms with Gasteiger partial charge in [0, 0.05) is 22.9 Å². The van der Waals surface area contributed by atoms with Gasteiger partial charge in [0.2, 0.25) is 0 Å². The molecule has 0 atom stereocenters. The summed E-state index contributed by atoms with van der Waals surface area (Å²) < 4.78 is 10.2. The first kappa shape index (κ1) is 18.7. The molecule has 0 aliphatic rings. The largest absolute Gasteiger partial charge is 0.497 e. The number of rotatable bonds is 6. The molecule has 2 aromatic rings. The molecule has 0 saturated heterocycles. The summed E-state index contributed by atoms with van der Waals surface area (Å²) in [5, 5.41) is 0. The van der Waals surface area contributed by atoms with Crippen LogP contribution in [0.4, 0.5) is 0 Å². The van der Waals surface area contributed by atoms with E-state index in [1.807, 2.05) is 18.4 Å². The number of hydrogen-bond donors (Lipinski definition) is 2. The Hall–Kier alpha value is -2.67. The summed E-state index contributed by atoms with van der Waals surface area (Å²) in [5.41, 5.74) is 6.70. The summed E-state index contributed by atoms with van der Waals surface area (Å²) in [6.45, 7) is 0. The van der Waals surface area contributed by atoms with Crippen molar-refractivity contribution in [2.75, 3.05) is 20.5 Å². The molecule has 0 spiro atoms. The van der Waals surface area contributed by atoms with Crippen LogP contribution in [0.15, 0.2) is 42.5 Å². The molecule has 25 heavy (non-hydrogen) atoms. The van der Waals surface area contributed by atoms with Crippen molar-refractivity contribution < 1.29 is 19.1 Å². The monoisotopic (exact) mass is 360 g/mol. The molecule has 0 radical (unpaired) electrons. The highest BCUT2D eigenvalue weighted by molar-refractivity contribution is 7.97. The van der Waals surface area contributed by atoms with Crippen LogP contribution in [-0.4, -0.2) is 32.3 Å². The zero-order valence-electron chi connectivity index (χ0n) is 14.3. The van der Waals surface area contributed by atoms with E-state index in [1.54, 1.807) is 42.1 Å². The van der Waals surface area contributed by atoms with E-state index in [9.17, 15) is 9.59 Å². The first-order chi connectivity index (χ1) is 12.1. The molecule has 6 nitrogen and oxygen atoms in total. The highest BCUT2D eigenvalue weighted by Crippen LogP contribution is 2.22. The van der Waals surface area contributed by atoms with Crippen LogP contribution in [0.5, 0.6) is 11.5 Å². The lowest BCUT2D eigenvalue weighted by Crippen LogP contribution is -2.41. The van der Waals surface area contributed by atoms with Gasteiger partial charge in [-0.25, -0.2) is 0 Å². The van der Waals surface area contributed by atoms with Gasteiger partial charge in [0.05, 0.1) is 14.2 Å². The van der Waals surface area contributed by atoms with Gasteiger partial charge >= 0.3 is 0 Å². The average Bonchev–Trinajstić information content (AvgIpc) is 2.66. The maximum atomic E-state index is 12.2.